The Morgan fingerprint density at radius 2 is 1.45 bits per heavy atom. The van der Waals surface area contributed by atoms with Crippen molar-refractivity contribution in [1.29, 1.82) is 0 Å². The average Bonchev–Trinajstić information content (AvgIpc) is 2.56. The van der Waals surface area contributed by atoms with Gasteiger partial charge in [-0.15, -0.1) is 0 Å². The van der Waals surface area contributed by atoms with Crippen molar-refractivity contribution >= 4 is 5.69 Å². The lowest BCUT2D eigenvalue weighted by Crippen LogP contribution is -1.89. The fourth-order valence-electron chi connectivity index (χ4n) is 2.33. The van der Waals surface area contributed by atoms with Gasteiger partial charge in [-0.05, 0) is 29.3 Å². The molecule has 0 bridgehead atoms. The summed E-state index contributed by atoms with van der Waals surface area (Å²) in [5, 5.41) is 0. The van der Waals surface area contributed by atoms with Crippen LogP contribution in [0.25, 0.3) is 27.1 Å². The van der Waals surface area contributed by atoms with Crippen LogP contribution in [0.5, 0.6) is 0 Å². The zero-order valence-electron chi connectivity index (χ0n) is 11.6. The first-order chi connectivity index (χ1) is 10.7. The van der Waals surface area contributed by atoms with Crippen molar-refractivity contribution in [2.75, 3.05) is 0 Å². The molecule has 0 heterocycles. The quantitative estimate of drug-likeness (QED) is 0.522. The second-order valence-corrected chi connectivity index (χ2v) is 4.84. The van der Waals surface area contributed by atoms with Gasteiger partial charge in [0, 0.05) is 11.1 Å². The Morgan fingerprint density at radius 1 is 0.682 bits per heavy atom. The Morgan fingerprint density at radius 3 is 2.14 bits per heavy atom. The third-order valence-corrected chi connectivity index (χ3v) is 3.45. The number of nitrogens with zero attached hydrogens (tertiary/aromatic N) is 1. The SMILES string of the molecule is [C-]#[N+]c1ccc(F)c(-c2ccc(-c3ccccc3)cc2F)c1. The topological polar surface area (TPSA) is 4.36 Å². The number of rotatable bonds is 2. The van der Waals surface area contributed by atoms with Crippen LogP contribution in [0.4, 0.5) is 14.5 Å². The zero-order chi connectivity index (χ0) is 15.5. The molecule has 0 spiro atoms. The van der Waals surface area contributed by atoms with Crippen LogP contribution in [0.3, 0.4) is 0 Å². The van der Waals surface area contributed by atoms with Crippen molar-refractivity contribution < 1.29 is 8.78 Å². The molecule has 0 aromatic heterocycles. The molecule has 0 aliphatic heterocycles. The molecule has 0 aliphatic carbocycles. The zero-order valence-corrected chi connectivity index (χ0v) is 11.6. The first kappa shape index (κ1) is 14.0. The van der Waals surface area contributed by atoms with Crippen molar-refractivity contribution in [3.63, 3.8) is 0 Å². The normalized spacial score (nSPS) is 10.2. The van der Waals surface area contributed by atoms with Crippen LogP contribution in [0.2, 0.25) is 0 Å². The van der Waals surface area contributed by atoms with E-state index in [1.807, 2.05) is 30.3 Å². The molecule has 1 nitrogen and oxygen atoms in total. The summed E-state index contributed by atoms with van der Waals surface area (Å²) in [6.45, 7) is 6.98. The lowest BCUT2D eigenvalue weighted by atomic mass is 9.99. The lowest BCUT2D eigenvalue weighted by Gasteiger charge is -2.08. The van der Waals surface area contributed by atoms with Gasteiger partial charge in [0.15, 0.2) is 5.69 Å². The van der Waals surface area contributed by atoms with Crippen LogP contribution in [-0.2, 0) is 0 Å². The predicted molar refractivity (Wildman–Crippen MR) is 83.5 cm³/mol. The average molecular weight is 291 g/mol. The molecule has 0 N–H and O–H groups in total. The van der Waals surface area contributed by atoms with Gasteiger partial charge in [0.25, 0.3) is 0 Å². The molecule has 0 radical (unpaired) electrons. The van der Waals surface area contributed by atoms with Crippen LogP contribution in [0.1, 0.15) is 0 Å². The van der Waals surface area contributed by atoms with Gasteiger partial charge in [-0.3, -0.25) is 0 Å². The Hall–Kier alpha value is -2.99. The third-order valence-electron chi connectivity index (χ3n) is 3.45. The van der Waals surface area contributed by atoms with E-state index in [0.29, 0.717) is 0 Å². The fraction of sp³-hybridized carbons (Fsp3) is 0. The van der Waals surface area contributed by atoms with Crippen LogP contribution >= 0.6 is 0 Å². The summed E-state index contributed by atoms with van der Waals surface area (Å²) >= 11 is 0. The van der Waals surface area contributed by atoms with Crippen molar-refractivity contribution in [2.24, 2.45) is 0 Å². The summed E-state index contributed by atoms with van der Waals surface area (Å²) in [5.74, 6) is -1.05. The molecule has 0 fully saturated rings. The molecule has 0 unspecified atom stereocenters. The minimum atomic E-state index is -0.543. The van der Waals surface area contributed by atoms with E-state index in [2.05, 4.69) is 4.85 Å². The highest BCUT2D eigenvalue weighted by Crippen LogP contribution is 2.31. The monoisotopic (exact) mass is 291 g/mol. The molecule has 0 aliphatic rings. The maximum Gasteiger partial charge on any atom is 0.188 e. The molecule has 0 atom stereocenters. The molecule has 3 aromatic carbocycles. The van der Waals surface area contributed by atoms with Crippen molar-refractivity contribution in [3.8, 4) is 22.3 Å². The van der Waals surface area contributed by atoms with Gasteiger partial charge in [-0.25, -0.2) is 13.6 Å². The molecule has 0 amide bonds. The van der Waals surface area contributed by atoms with Crippen molar-refractivity contribution in [3.05, 3.63) is 89.8 Å². The first-order valence-electron chi connectivity index (χ1n) is 6.71. The first-order valence-corrected chi connectivity index (χ1v) is 6.71. The summed E-state index contributed by atoms with van der Waals surface area (Å²) in [4.78, 5) is 3.25. The van der Waals surface area contributed by atoms with Gasteiger partial charge >= 0.3 is 0 Å². The fourth-order valence-corrected chi connectivity index (χ4v) is 2.33. The Kier molecular flexibility index (Phi) is 3.67. The largest absolute Gasteiger partial charge is 0.238 e. The van der Waals surface area contributed by atoms with Gasteiger partial charge in [0.05, 0.1) is 6.57 Å². The van der Waals surface area contributed by atoms with Crippen LogP contribution < -0.4 is 0 Å². The van der Waals surface area contributed by atoms with Crippen molar-refractivity contribution in [2.45, 2.75) is 0 Å². The van der Waals surface area contributed by atoms with E-state index in [-0.39, 0.29) is 16.8 Å². The van der Waals surface area contributed by atoms with E-state index in [1.165, 1.54) is 24.3 Å². The van der Waals surface area contributed by atoms with E-state index in [0.717, 1.165) is 11.1 Å². The minimum absolute atomic E-state index is 0.102. The Bertz CT molecular complexity index is 864. The third kappa shape index (κ3) is 2.59. The summed E-state index contributed by atoms with van der Waals surface area (Å²) in [7, 11) is 0. The highest BCUT2D eigenvalue weighted by Gasteiger charge is 2.12. The van der Waals surface area contributed by atoms with E-state index < -0.39 is 11.6 Å². The molecule has 106 valence electrons. The van der Waals surface area contributed by atoms with Gasteiger partial charge in [0.1, 0.15) is 11.6 Å². The second-order valence-electron chi connectivity index (χ2n) is 4.84. The van der Waals surface area contributed by atoms with Crippen molar-refractivity contribution in [1.82, 2.24) is 0 Å². The molecule has 3 heteroatoms. The predicted octanol–water partition coefficient (Wildman–Crippen LogP) is 5.85. The molecule has 0 saturated heterocycles. The summed E-state index contributed by atoms with van der Waals surface area (Å²) in [6.07, 6.45) is 0. The summed E-state index contributed by atoms with van der Waals surface area (Å²) in [6, 6.07) is 18.0. The second kappa shape index (κ2) is 5.79. The summed E-state index contributed by atoms with van der Waals surface area (Å²) < 4.78 is 28.3. The molecule has 3 aromatic rings. The highest BCUT2D eigenvalue weighted by atomic mass is 19.1. The molecular formula is C19H11F2N. The lowest BCUT2D eigenvalue weighted by molar-refractivity contribution is 0.617. The van der Waals surface area contributed by atoms with E-state index >= 15 is 0 Å². The maximum absolute atomic E-state index is 14.4. The number of benzene rings is 3. The smallest absolute Gasteiger partial charge is 0.188 e. The maximum atomic E-state index is 14.4. The standard InChI is InChI=1S/C19H11F2N/c1-22-15-8-10-18(20)17(12-15)16-9-7-14(11-19(16)21)13-5-3-2-4-6-13/h2-12H. The van der Waals surface area contributed by atoms with Crippen LogP contribution in [0.15, 0.2) is 66.7 Å². The van der Waals surface area contributed by atoms with Crippen LogP contribution in [0, 0.1) is 18.2 Å². The minimum Gasteiger partial charge on any atom is -0.238 e. The van der Waals surface area contributed by atoms with E-state index in [9.17, 15) is 8.78 Å². The van der Waals surface area contributed by atoms with E-state index in [4.69, 9.17) is 6.57 Å². The molecule has 22 heavy (non-hydrogen) atoms. The van der Waals surface area contributed by atoms with Gasteiger partial charge < -0.3 is 0 Å². The molecule has 0 saturated carbocycles. The summed E-state index contributed by atoms with van der Waals surface area (Å²) in [5.41, 5.74) is 2.16. The number of halogens is 2. The van der Waals surface area contributed by atoms with Crippen LogP contribution in [-0.4, -0.2) is 0 Å². The van der Waals surface area contributed by atoms with Gasteiger partial charge in [-0.2, -0.15) is 0 Å². The number of hydrogen-bond donors (Lipinski definition) is 0. The molecule has 3 rings (SSSR count). The van der Waals surface area contributed by atoms with Gasteiger partial charge in [-0.1, -0.05) is 48.5 Å². The van der Waals surface area contributed by atoms with Gasteiger partial charge in [0.2, 0.25) is 0 Å². The Labute approximate surface area is 127 Å². The Balaban J connectivity index is 2.09. The highest BCUT2D eigenvalue weighted by molar-refractivity contribution is 5.73. The number of hydrogen-bond acceptors (Lipinski definition) is 0. The van der Waals surface area contributed by atoms with E-state index in [1.54, 1.807) is 12.1 Å². The molecular weight excluding hydrogens is 280 g/mol.